The summed E-state index contributed by atoms with van der Waals surface area (Å²) in [5.41, 5.74) is 0.769. The van der Waals surface area contributed by atoms with Gasteiger partial charge < -0.3 is 20.3 Å². The lowest BCUT2D eigenvalue weighted by molar-refractivity contribution is 0.0528. The molecule has 26 heavy (non-hydrogen) atoms. The first kappa shape index (κ1) is 20.0. The fraction of sp³-hybridized carbons (Fsp3) is 0.579. The zero-order valence-electron chi connectivity index (χ0n) is 16.0. The SMILES string of the molecule is CC(C)(C)OC(=O)NCCNC(=O)N1CCN(Cc2ccccc2)CC1. The Balaban J connectivity index is 1.60. The summed E-state index contributed by atoms with van der Waals surface area (Å²) in [5, 5.41) is 5.46. The Hall–Kier alpha value is -2.28. The topological polar surface area (TPSA) is 73.9 Å². The Morgan fingerprint density at radius 3 is 2.23 bits per heavy atom. The second-order valence-corrected chi connectivity index (χ2v) is 7.41. The highest BCUT2D eigenvalue weighted by Gasteiger charge is 2.21. The molecule has 1 heterocycles. The number of ether oxygens (including phenoxy) is 1. The van der Waals surface area contributed by atoms with Crippen molar-refractivity contribution in [2.45, 2.75) is 32.9 Å². The number of alkyl carbamates (subject to hydrolysis) is 1. The maximum Gasteiger partial charge on any atom is 0.407 e. The molecule has 3 amide bonds. The maximum atomic E-state index is 12.2. The molecule has 1 aromatic carbocycles. The number of carbonyl (C=O) groups is 2. The van der Waals surface area contributed by atoms with Gasteiger partial charge in [0.25, 0.3) is 0 Å². The Morgan fingerprint density at radius 1 is 1.00 bits per heavy atom. The van der Waals surface area contributed by atoms with Crippen LogP contribution in [0.25, 0.3) is 0 Å². The van der Waals surface area contributed by atoms with Gasteiger partial charge in [-0.15, -0.1) is 0 Å². The van der Waals surface area contributed by atoms with Gasteiger partial charge in [0.2, 0.25) is 0 Å². The molecule has 0 saturated carbocycles. The van der Waals surface area contributed by atoms with Crippen molar-refractivity contribution in [3.63, 3.8) is 0 Å². The summed E-state index contributed by atoms with van der Waals surface area (Å²) in [4.78, 5) is 27.9. The van der Waals surface area contributed by atoms with Crippen LogP contribution in [-0.2, 0) is 11.3 Å². The molecule has 1 fully saturated rings. The number of benzene rings is 1. The van der Waals surface area contributed by atoms with Gasteiger partial charge in [0.05, 0.1) is 0 Å². The van der Waals surface area contributed by atoms with Crippen LogP contribution >= 0.6 is 0 Å². The van der Waals surface area contributed by atoms with Gasteiger partial charge in [0, 0.05) is 45.8 Å². The third-order valence-electron chi connectivity index (χ3n) is 3.98. The van der Waals surface area contributed by atoms with Crippen molar-refractivity contribution in [3.8, 4) is 0 Å². The Morgan fingerprint density at radius 2 is 1.62 bits per heavy atom. The average Bonchev–Trinajstić information content (AvgIpc) is 2.58. The second-order valence-electron chi connectivity index (χ2n) is 7.41. The average molecular weight is 362 g/mol. The molecule has 0 aromatic heterocycles. The number of nitrogens with one attached hydrogen (secondary N) is 2. The lowest BCUT2D eigenvalue weighted by Gasteiger charge is -2.34. The molecule has 7 nitrogen and oxygen atoms in total. The predicted molar refractivity (Wildman–Crippen MR) is 101 cm³/mol. The normalized spacial score (nSPS) is 15.4. The van der Waals surface area contributed by atoms with E-state index in [0.717, 1.165) is 19.6 Å². The van der Waals surface area contributed by atoms with Crippen LogP contribution in [0.5, 0.6) is 0 Å². The number of urea groups is 1. The number of piperazine rings is 1. The highest BCUT2D eigenvalue weighted by molar-refractivity contribution is 5.74. The lowest BCUT2D eigenvalue weighted by atomic mass is 10.2. The fourth-order valence-corrected chi connectivity index (χ4v) is 2.71. The van der Waals surface area contributed by atoms with E-state index in [-0.39, 0.29) is 6.03 Å². The van der Waals surface area contributed by atoms with Crippen LogP contribution in [0.15, 0.2) is 30.3 Å². The van der Waals surface area contributed by atoms with E-state index < -0.39 is 11.7 Å². The van der Waals surface area contributed by atoms with Gasteiger partial charge in [-0.25, -0.2) is 9.59 Å². The molecule has 7 heteroatoms. The molecule has 0 bridgehead atoms. The molecular weight excluding hydrogens is 332 g/mol. The monoisotopic (exact) mass is 362 g/mol. The fourth-order valence-electron chi connectivity index (χ4n) is 2.71. The molecule has 1 aromatic rings. The van der Waals surface area contributed by atoms with Crippen molar-refractivity contribution < 1.29 is 14.3 Å². The van der Waals surface area contributed by atoms with Crippen molar-refractivity contribution in [1.82, 2.24) is 20.4 Å². The van der Waals surface area contributed by atoms with Crippen LogP contribution in [-0.4, -0.2) is 66.8 Å². The van der Waals surface area contributed by atoms with Crippen LogP contribution in [0.4, 0.5) is 9.59 Å². The van der Waals surface area contributed by atoms with Crippen molar-refractivity contribution in [3.05, 3.63) is 35.9 Å². The summed E-state index contributed by atoms with van der Waals surface area (Å²) in [6.07, 6.45) is -0.471. The van der Waals surface area contributed by atoms with Gasteiger partial charge in [-0.3, -0.25) is 4.90 Å². The van der Waals surface area contributed by atoms with Crippen LogP contribution < -0.4 is 10.6 Å². The Labute approximate surface area is 155 Å². The molecular formula is C19H30N4O3. The molecule has 1 aliphatic rings. The lowest BCUT2D eigenvalue weighted by Crippen LogP contribution is -2.52. The van der Waals surface area contributed by atoms with Gasteiger partial charge in [-0.1, -0.05) is 30.3 Å². The highest BCUT2D eigenvalue weighted by Crippen LogP contribution is 2.08. The van der Waals surface area contributed by atoms with E-state index in [0.29, 0.717) is 26.2 Å². The zero-order chi connectivity index (χ0) is 19.0. The molecule has 1 aliphatic heterocycles. The summed E-state index contributed by atoms with van der Waals surface area (Å²) >= 11 is 0. The van der Waals surface area contributed by atoms with E-state index >= 15 is 0 Å². The van der Waals surface area contributed by atoms with E-state index in [1.54, 1.807) is 0 Å². The van der Waals surface area contributed by atoms with Gasteiger partial charge in [0.15, 0.2) is 0 Å². The summed E-state index contributed by atoms with van der Waals surface area (Å²) in [7, 11) is 0. The first-order chi connectivity index (χ1) is 12.3. The molecule has 0 atom stereocenters. The van der Waals surface area contributed by atoms with Crippen molar-refractivity contribution >= 4 is 12.1 Å². The minimum atomic E-state index is -0.521. The molecule has 0 aliphatic carbocycles. The van der Waals surface area contributed by atoms with E-state index in [1.807, 2.05) is 43.9 Å². The van der Waals surface area contributed by atoms with E-state index in [1.165, 1.54) is 5.56 Å². The van der Waals surface area contributed by atoms with Crippen LogP contribution in [0.3, 0.4) is 0 Å². The minimum Gasteiger partial charge on any atom is -0.444 e. The van der Waals surface area contributed by atoms with Crippen molar-refractivity contribution in [1.29, 1.82) is 0 Å². The number of hydrogen-bond donors (Lipinski definition) is 2. The van der Waals surface area contributed by atoms with E-state index in [9.17, 15) is 9.59 Å². The van der Waals surface area contributed by atoms with Crippen molar-refractivity contribution in [2.24, 2.45) is 0 Å². The van der Waals surface area contributed by atoms with Gasteiger partial charge in [0.1, 0.15) is 5.60 Å². The highest BCUT2D eigenvalue weighted by atomic mass is 16.6. The third kappa shape index (κ3) is 7.31. The first-order valence-electron chi connectivity index (χ1n) is 9.09. The summed E-state index contributed by atoms with van der Waals surface area (Å²) in [5.74, 6) is 0. The zero-order valence-corrected chi connectivity index (χ0v) is 16.0. The first-order valence-corrected chi connectivity index (χ1v) is 9.09. The summed E-state index contributed by atoms with van der Waals surface area (Å²) in [6.45, 7) is 10.2. The number of carbonyl (C=O) groups excluding carboxylic acids is 2. The van der Waals surface area contributed by atoms with Crippen LogP contribution in [0.1, 0.15) is 26.3 Å². The molecule has 0 unspecified atom stereocenters. The summed E-state index contributed by atoms with van der Waals surface area (Å²) < 4.78 is 5.14. The number of nitrogens with zero attached hydrogens (tertiary/aromatic N) is 2. The van der Waals surface area contributed by atoms with E-state index in [4.69, 9.17) is 4.74 Å². The Bertz CT molecular complexity index is 578. The molecule has 2 rings (SSSR count). The second kappa shape index (κ2) is 9.43. The number of amides is 3. The van der Waals surface area contributed by atoms with Crippen LogP contribution in [0.2, 0.25) is 0 Å². The quantitative estimate of drug-likeness (QED) is 0.786. The van der Waals surface area contributed by atoms with E-state index in [2.05, 4.69) is 27.7 Å². The molecule has 144 valence electrons. The molecule has 2 N–H and O–H groups in total. The van der Waals surface area contributed by atoms with Gasteiger partial charge in [-0.05, 0) is 26.3 Å². The minimum absolute atomic E-state index is 0.0876. The smallest absolute Gasteiger partial charge is 0.407 e. The largest absolute Gasteiger partial charge is 0.444 e. The molecule has 0 radical (unpaired) electrons. The number of hydrogen-bond acceptors (Lipinski definition) is 4. The Kier molecular flexibility index (Phi) is 7.26. The summed E-state index contributed by atoms with van der Waals surface area (Å²) in [6, 6.07) is 10.3. The standard InChI is InChI=1S/C19H30N4O3/c1-19(2,3)26-18(25)21-10-9-20-17(24)23-13-11-22(12-14-23)15-16-7-5-4-6-8-16/h4-8H,9-15H2,1-3H3,(H,20,24)(H,21,25). The van der Waals surface area contributed by atoms with Crippen LogP contribution in [0, 0.1) is 0 Å². The molecule has 1 saturated heterocycles. The van der Waals surface area contributed by atoms with Gasteiger partial charge >= 0.3 is 12.1 Å². The molecule has 0 spiro atoms. The van der Waals surface area contributed by atoms with Crippen molar-refractivity contribution in [2.75, 3.05) is 39.3 Å². The maximum absolute atomic E-state index is 12.2. The third-order valence-corrected chi connectivity index (χ3v) is 3.98. The predicted octanol–water partition coefficient (Wildman–Crippen LogP) is 2.04. The van der Waals surface area contributed by atoms with Gasteiger partial charge in [-0.2, -0.15) is 0 Å². The number of rotatable bonds is 5.